The monoisotopic (exact) mass is 354 g/mol. The molecule has 0 unspecified atom stereocenters. The van der Waals surface area contributed by atoms with Gasteiger partial charge in [-0.25, -0.2) is 4.79 Å². The standard InChI is InChI=1S/C19H30O6/c1-18(2,3)17(22)24-8-7-14-9-13(11-16(21)23-6)10-15(25-14)19(4,5)12-20/h10-11,14,20H,7-9,12H2,1-6H3/b13-11-/t14-/m1/s1. The molecule has 25 heavy (non-hydrogen) atoms. The van der Waals surface area contributed by atoms with Crippen LogP contribution >= 0.6 is 0 Å². The van der Waals surface area contributed by atoms with Crippen LogP contribution in [0.25, 0.3) is 0 Å². The average Bonchev–Trinajstić information content (AvgIpc) is 2.53. The van der Waals surface area contributed by atoms with E-state index in [1.54, 1.807) is 26.8 Å². The van der Waals surface area contributed by atoms with E-state index in [1.165, 1.54) is 13.2 Å². The number of aliphatic hydroxyl groups excluding tert-OH is 1. The summed E-state index contributed by atoms with van der Waals surface area (Å²) in [5.41, 5.74) is -0.356. The first-order chi connectivity index (χ1) is 11.5. The highest BCUT2D eigenvalue weighted by molar-refractivity contribution is 5.83. The van der Waals surface area contributed by atoms with Crippen LogP contribution in [0.3, 0.4) is 0 Å². The third-order valence-electron chi connectivity index (χ3n) is 3.93. The minimum Gasteiger partial charge on any atom is -0.494 e. The molecule has 1 atom stereocenters. The first-order valence-electron chi connectivity index (χ1n) is 8.45. The highest BCUT2D eigenvalue weighted by Gasteiger charge is 2.31. The normalized spacial score (nSPS) is 19.9. The summed E-state index contributed by atoms with van der Waals surface area (Å²) >= 11 is 0. The molecule has 0 saturated carbocycles. The molecule has 0 amide bonds. The van der Waals surface area contributed by atoms with Gasteiger partial charge in [-0.2, -0.15) is 0 Å². The van der Waals surface area contributed by atoms with E-state index in [0.717, 1.165) is 5.57 Å². The Kier molecular flexibility index (Phi) is 7.23. The van der Waals surface area contributed by atoms with Crippen molar-refractivity contribution in [2.24, 2.45) is 10.8 Å². The van der Waals surface area contributed by atoms with E-state index in [0.29, 0.717) is 18.6 Å². The van der Waals surface area contributed by atoms with Crippen molar-refractivity contribution in [3.05, 3.63) is 23.5 Å². The van der Waals surface area contributed by atoms with E-state index in [2.05, 4.69) is 4.74 Å². The van der Waals surface area contributed by atoms with Gasteiger partial charge in [0.1, 0.15) is 11.9 Å². The summed E-state index contributed by atoms with van der Waals surface area (Å²) in [5.74, 6) is -0.101. The lowest BCUT2D eigenvalue weighted by Gasteiger charge is -2.34. The largest absolute Gasteiger partial charge is 0.494 e. The third kappa shape index (κ3) is 6.53. The van der Waals surface area contributed by atoms with Crippen molar-refractivity contribution in [1.82, 2.24) is 0 Å². The molecule has 0 aromatic carbocycles. The number of allylic oxidation sites excluding steroid dienone is 1. The Labute approximate surface area is 149 Å². The molecule has 0 radical (unpaired) electrons. The zero-order chi connectivity index (χ0) is 19.3. The molecule has 0 aliphatic carbocycles. The highest BCUT2D eigenvalue weighted by Crippen LogP contribution is 2.35. The second-order valence-electron chi connectivity index (χ2n) is 7.91. The van der Waals surface area contributed by atoms with Gasteiger partial charge in [-0.15, -0.1) is 0 Å². The van der Waals surface area contributed by atoms with Gasteiger partial charge in [-0.1, -0.05) is 13.8 Å². The molecule has 6 nitrogen and oxygen atoms in total. The molecular formula is C19H30O6. The van der Waals surface area contributed by atoms with Gasteiger partial charge in [0.05, 0.1) is 25.7 Å². The van der Waals surface area contributed by atoms with Crippen LogP contribution in [0, 0.1) is 10.8 Å². The fourth-order valence-corrected chi connectivity index (χ4v) is 2.15. The average molecular weight is 354 g/mol. The summed E-state index contributed by atoms with van der Waals surface area (Å²) in [6.07, 6.45) is 3.95. The first kappa shape index (κ1) is 21.2. The maximum absolute atomic E-state index is 11.8. The fraction of sp³-hybridized carbons (Fsp3) is 0.684. The number of carbonyl (C=O) groups excluding carboxylic acids is 2. The Balaban J connectivity index is 2.82. The minimum atomic E-state index is -0.573. The highest BCUT2D eigenvalue weighted by atomic mass is 16.5. The zero-order valence-electron chi connectivity index (χ0n) is 16.0. The predicted molar refractivity (Wildman–Crippen MR) is 93.6 cm³/mol. The molecule has 142 valence electrons. The zero-order valence-corrected chi connectivity index (χ0v) is 16.0. The van der Waals surface area contributed by atoms with Crippen molar-refractivity contribution in [2.75, 3.05) is 20.3 Å². The Hall–Kier alpha value is -1.82. The molecule has 1 aliphatic rings. The SMILES string of the molecule is COC(=O)/C=C1\C=C(C(C)(C)CO)O[C@H](CCOC(=O)C(C)(C)C)C1. The van der Waals surface area contributed by atoms with Gasteiger partial charge in [0.15, 0.2) is 0 Å². The maximum atomic E-state index is 11.8. The van der Waals surface area contributed by atoms with Gasteiger partial charge >= 0.3 is 11.9 Å². The quantitative estimate of drug-likeness (QED) is 0.583. The molecule has 0 bridgehead atoms. The number of aliphatic hydroxyl groups is 1. The topological polar surface area (TPSA) is 82.1 Å². The number of hydrogen-bond acceptors (Lipinski definition) is 6. The summed E-state index contributed by atoms with van der Waals surface area (Å²) in [5, 5.41) is 9.58. The summed E-state index contributed by atoms with van der Waals surface area (Å²) in [4.78, 5) is 23.4. The van der Waals surface area contributed by atoms with E-state index in [-0.39, 0.29) is 25.3 Å². The summed E-state index contributed by atoms with van der Waals surface area (Å²) in [6, 6.07) is 0. The summed E-state index contributed by atoms with van der Waals surface area (Å²) in [6.45, 7) is 9.26. The van der Waals surface area contributed by atoms with Crippen molar-refractivity contribution < 1.29 is 28.9 Å². The molecule has 1 rings (SSSR count). The number of ether oxygens (including phenoxy) is 3. The molecule has 6 heteroatoms. The van der Waals surface area contributed by atoms with E-state index < -0.39 is 16.8 Å². The van der Waals surface area contributed by atoms with Crippen LogP contribution in [0.4, 0.5) is 0 Å². The summed E-state index contributed by atoms with van der Waals surface area (Å²) < 4.78 is 15.9. The minimum absolute atomic E-state index is 0.0872. The summed E-state index contributed by atoms with van der Waals surface area (Å²) in [7, 11) is 1.32. The van der Waals surface area contributed by atoms with Gasteiger partial charge in [0.25, 0.3) is 0 Å². The molecular weight excluding hydrogens is 324 g/mol. The van der Waals surface area contributed by atoms with Crippen molar-refractivity contribution in [3.63, 3.8) is 0 Å². The van der Waals surface area contributed by atoms with Crippen LogP contribution in [0.1, 0.15) is 47.5 Å². The fourth-order valence-electron chi connectivity index (χ4n) is 2.15. The number of carbonyl (C=O) groups is 2. The van der Waals surface area contributed by atoms with Crippen molar-refractivity contribution >= 4 is 11.9 Å². The molecule has 0 saturated heterocycles. The lowest BCUT2D eigenvalue weighted by molar-refractivity contribution is -0.153. The van der Waals surface area contributed by atoms with Crippen LogP contribution in [0.2, 0.25) is 0 Å². The maximum Gasteiger partial charge on any atom is 0.330 e. The van der Waals surface area contributed by atoms with Crippen LogP contribution in [-0.4, -0.2) is 43.5 Å². The van der Waals surface area contributed by atoms with Gasteiger partial charge in [0.2, 0.25) is 0 Å². The van der Waals surface area contributed by atoms with Gasteiger partial charge in [-0.3, -0.25) is 4.79 Å². The number of hydrogen-bond donors (Lipinski definition) is 1. The lowest BCUT2D eigenvalue weighted by atomic mass is 9.88. The smallest absolute Gasteiger partial charge is 0.330 e. The van der Waals surface area contributed by atoms with Crippen molar-refractivity contribution in [3.8, 4) is 0 Å². The Morgan fingerprint density at radius 3 is 2.48 bits per heavy atom. The van der Waals surface area contributed by atoms with Crippen molar-refractivity contribution in [2.45, 2.75) is 53.6 Å². The Morgan fingerprint density at radius 2 is 1.96 bits per heavy atom. The molecule has 0 aromatic heterocycles. The van der Waals surface area contributed by atoms with E-state index in [1.807, 2.05) is 13.8 Å². The second kappa shape index (κ2) is 8.52. The van der Waals surface area contributed by atoms with Gasteiger partial charge in [-0.05, 0) is 32.4 Å². The molecule has 0 fully saturated rings. The first-order valence-corrected chi connectivity index (χ1v) is 8.45. The molecule has 0 aromatic rings. The number of rotatable bonds is 6. The van der Waals surface area contributed by atoms with Gasteiger partial charge in [0, 0.05) is 24.3 Å². The predicted octanol–water partition coefficient (Wildman–Crippen LogP) is 2.76. The lowest BCUT2D eigenvalue weighted by Crippen LogP contribution is -2.30. The van der Waals surface area contributed by atoms with E-state index >= 15 is 0 Å². The van der Waals surface area contributed by atoms with Crippen LogP contribution in [0.15, 0.2) is 23.5 Å². The van der Waals surface area contributed by atoms with Crippen molar-refractivity contribution in [1.29, 1.82) is 0 Å². The number of methoxy groups -OCH3 is 1. The number of esters is 2. The van der Waals surface area contributed by atoms with Gasteiger partial charge < -0.3 is 19.3 Å². The molecule has 1 aliphatic heterocycles. The van der Waals surface area contributed by atoms with E-state index in [4.69, 9.17) is 9.47 Å². The molecule has 0 spiro atoms. The molecule has 1 heterocycles. The molecule has 1 N–H and O–H groups in total. The Morgan fingerprint density at radius 1 is 1.32 bits per heavy atom. The van der Waals surface area contributed by atoms with Crippen LogP contribution in [-0.2, 0) is 23.8 Å². The second-order valence-corrected chi connectivity index (χ2v) is 7.91. The third-order valence-corrected chi connectivity index (χ3v) is 3.93. The van der Waals surface area contributed by atoms with Crippen LogP contribution in [0.5, 0.6) is 0 Å². The van der Waals surface area contributed by atoms with E-state index in [9.17, 15) is 14.7 Å². The Bertz CT molecular complexity index is 551. The van der Waals surface area contributed by atoms with Crippen LogP contribution < -0.4 is 0 Å².